The summed E-state index contributed by atoms with van der Waals surface area (Å²) in [6.07, 6.45) is 0. The molecule has 0 radical (unpaired) electrons. The van der Waals surface area contributed by atoms with Gasteiger partial charge in [0.1, 0.15) is 5.76 Å². The Hall–Kier alpha value is -2.04. The zero-order valence-electron chi connectivity index (χ0n) is 10.1. The van der Waals surface area contributed by atoms with Crippen LogP contribution in [0.5, 0.6) is 11.5 Å². The van der Waals surface area contributed by atoms with Gasteiger partial charge in [-0.1, -0.05) is 23.8 Å². The van der Waals surface area contributed by atoms with E-state index in [0.29, 0.717) is 20.7 Å². The van der Waals surface area contributed by atoms with E-state index in [2.05, 4.69) is 0 Å². The molecule has 20 heavy (non-hydrogen) atoms. The van der Waals surface area contributed by atoms with E-state index in [-0.39, 0.29) is 17.1 Å². The second-order valence-electron chi connectivity index (χ2n) is 4.29. The molecule has 3 aromatic rings. The molecule has 0 aliphatic rings. The summed E-state index contributed by atoms with van der Waals surface area (Å²) in [5.74, 6) is -0.0617. The van der Waals surface area contributed by atoms with Crippen LogP contribution >= 0.6 is 23.8 Å². The molecule has 0 amide bonds. The fourth-order valence-electron chi connectivity index (χ4n) is 1.95. The third-order valence-corrected chi connectivity index (χ3v) is 3.57. The van der Waals surface area contributed by atoms with Crippen LogP contribution in [-0.2, 0) is 0 Å². The van der Waals surface area contributed by atoms with Crippen molar-refractivity contribution in [3.63, 3.8) is 0 Å². The lowest BCUT2D eigenvalue weighted by molar-refractivity contribution is 0.400. The molecule has 0 atom stereocenters. The quantitative estimate of drug-likeness (QED) is 0.496. The van der Waals surface area contributed by atoms with Crippen LogP contribution in [0.25, 0.3) is 22.3 Å². The third-order valence-electron chi connectivity index (χ3n) is 2.98. The first-order valence-corrected chi connectivity index (χ1v) is 6.59. The van der Waals surface area contributed by atoms with Crippen LogP contribution in [0, 0.1) is 4.51 Å². The predicted molar refractivity (Wildman–Crippen MR) is 80.8 cm³/mol. The first-order valence-electron chi connectivity index (χ1n) is 5.81. The van der Waals surface area contributed by atoms with Crippen molar-refractivity contribution in [1.29, 1.82) is 0 Å². The highest BCUT2D eigenvalue weighted by molar-refractivity contribution is 7.71. The molecule has 0 aliphatic carbocycles. The van der Waals surface area contributed by atoms with Crippen molar-refractivity contribution >= 4 is 34.8 Å². The third kappa shape index (κ3) is 2.13. The summed E-state index contributed by atoms with van der Waals surface area (Å²) in [5, 5.41) is 20.6. The van der Waals surface area contributed by atoms with Crippen LogP contribution in [0.4, 0.5) is 0 Å². The molecule has 100 valence electrons. The Balaban J connectivity index is 2.31. The average Bonchev–Trinajstić information content (AvgIpc) is 2.44. The number of hydrogen-bond donors (Lipinski definition) is 2. The summed E-state index contributed by atoms with van der Waals surface area (Å²) in [7, 11) is 0. The van der Waals surface area contributed by atoms with E-state index in [0.717, 1.165) is 5.56 Å². The molecule has 5 heteroatoms. The van der Waals surface area contributed by atoms with Gasteiger partial charge in [-0.05, 0) is 36.4 Å². The zero-order chi connectivity index (χ0) is 14.3. The minimum atomic E-state index is -0.315. The maximum atomic E-state index is 9.89. The number of halogens is 1. The average molecular weight is 305 g/mol. The SMILES string of the molecule is Oc1ccc2c(=S)cc(-c3ccc(Cl)cc3)oc2c1O. The molecule has 0 aliphatic heterocycles. The molecule has 0 fully saturated rings. The fourth-order valence-corrected chi connectivity index (χ4v) is 2.34. The molecule has 1 heterocycles. The Morgan fingerprint density at radius 1 is 1.00 bits per heavy atom. The van der Waals surface area contributed by atoms with Crippen LogP contribution < -0.4 is 0 Å². The van der Waals surface area contributed by atoms with E-state index in [9.17, 15) is 10.2 Å². The monoisotopic (exact) mass is 304 g/mol. The van der Waals surface area contributed by atoms with Crippen LogP contribution in [0.1, 0.15) is 0 Å². The minimum absolute atomic E-state index is 0.169. The summed E-state index contributed by atoms with van der Waals surface area (Å²) in [6.45, 7) is 0. The van der Waals surface area contributed by atoms with Gasteiger partial charge in [-0.15, -0.1) is 0 Å². The van der Waals surface area contributed by atoms with Gasteiger partial charge in [-0.25, -0.2) is 0 Å². The number of phenolic OH excluding ortho intramolecular Hbond substituents is 2. The van der Waals surface area contributed by atoms with Crippen molar-refractivity contribution in [3.05, 3.63) is 52.0 Å². The van der Waals surface area contributed by atoms with E-state index >= 15 is 0 Å². The van der Waals surface area contributed by atoms with Crippen molar-refractivity contribution < 1.29 is 14.6 Å². The maximum absolute atomic E-state index is 9.89. The largest absolute Gasteiger partial charge is 0.504 e. The Morgan fingerprint density at radius 2 is 1.70 bits per heavy atom. The summed E-state index contributed by atoms with van der Waals surface area (Å²) in [4.78, 5) is 0. The van der Waals surface area contributed by atoms with Crippen LogP contribution in [0.15, 0.2) is 46.9 Å². The maximum Gasteiger partial charge on any atom is 0.201 e. The van der Waals surface area contributed by atoms with Crippen molar-refractivity contribution in [3.8, 4) is 22.8 Å². The fraction of sp³-hybridized carbons (Fsp3) is 0. The van der Waals surface area contributed by atoms with E-state index < -0.39 is 0 Å². The molecule has 0 bridgehead atoms. The Labute approximate surface area is 124 Å². The molecule has 0 saturated heterocycles. The Kier molecular flexibility index (Phi) is 3.12. The summed E-state index contributed by atoms with van der Waals surface area (Å²) in [5.41, 5.74) is 0.951. The van der Waals surface area contributed by atoms with Gasteiger partial charge in [0.25, 0.3) is 0 Å². The highest BCUT2D eigenvalue weighted by atomic mass is 35.5. The van der Waals surface area contributed by atoms with Gasteiger partial charge in [0.2, 0.25) is 5.75 Å². The summed E-state index contributed by atoms with van der Waals surface area (Å²) in [6, 6.07) is 11.8. The molecular weight excluding hydrogens is 296 g/mol. The van der Waals surface area contributed by atoms with E-state index in [1.165, 1.54) is 6.07 Å². The summed E-state index contributed by atoms with van der Waals surface area (Å²) < 4.78 is 6.19. The van der Waals surface area contributed by atoms with Crippen LogP contribution in [0.2, 0.25) is 5.02 Å². The first-order chi connectivity index (χ1) is 9.56. The molecule has 2 aromatic carbocycles. The highest BCUT2D eigenvalue weighted by Crippen LogP contribution is 2.36. The normalized spacial score (nSPS) is 10.8. The van der Waals surface area contributed by atoms with Gasteiger partial charge in [0.15, 0.2) is 11.3 Å². The number of hydrogen-bond acceptors (Lipinski definition) is 4. The molecule has 0 unspecified atom stereocenters. The highest BCUT2D eigenvalue weighted by Gasteiger charge is 2.11. The van der Waals surface area contributed by atoms with Crippen molar-refractivity contribution in [1.82, 2.24) is 0 Å². The molecule has 1 aromatic heterocycles. The molecule has 3 nitrogen and oxygen atoms in total. The van der Waals surface area contributed by atoms with Crippen LogP contribution in [0.3, 0.4) is 0 Å². The summed E-state index contributed by atoms with van der Waals surface area (Å²) >= 11 is 11.1. The Morgan fingerprint density at radius 3 is 2.40 bits per heavy atom. The number of phenols is 2. The number of fused-ring (bicyclic) bond motifs is 1. The second kappa shape index (κ2) is 4.81. The molecule has 0 spiro atoms. The van der Waals surface area contributed by atoms with Gasteiger partial charge in [0.05, 0.1) is 4.51 Å². The van der Waals surface area contributed by atoms with Crippen LogP contribution in [-0.4, -0.2) is 10.2 Å². The lowest BCUT2D eigenvalue weighted by Crippen LogP contribution is -1.82. The topological polar surface area (TPSA) is 53.6 Å². The molecule has 3 rings (SSSR count). The van der Waals surface area contributed by atoms with Gasteiger partial charge in [0, 0.05) is 22.0 Å². The van der Waals surface area contributed by atoms with Gasteiger partial charge >= 0.3 is 0 Å². The smallest absolute Gasteiger partial charge is 0.201 e. The van der Waals surface area contributed by atoms with Gasteiger partial charge in [-0.2, -0.15) is 0 Å². The zero-order valence-corrected chi connectivity index (χ0v) is 11.7. The Bertz CT molecular complexity index is 853. The number of rotatable bonds is 1. The van der Waals surface area contributed by atoms with Crippen molar-refractivity contribution in [2.75, 3.05) is 0 Å². The lowest BCUT2D eigenvalue weighted by Gasteiger charge is -2.06. The standard InChI is InChI=1S/C15H9ClO3S/c16-9-3-1-8(2-4-9)12-7-13(20)10-5-6-11(17)14(18)15(10)19-12/h1-7,17-18H. The second-order valence-corrected chi connectivity index (χ2v) is 5.17. The lowest BCUT2D eigenvalue weighted by atomic mass is 10.1. The number of benzene rings is 2. The van der Waals surface area contributed by atoms with E-state index in [1.54, 1.807) is 36.4 Å². The first kappa shape index (κ1) is 13.0. The minimum Gasteiger partial charge on any atom is -0.504 e. The van der Waals surface area contributed by atoms with Gasteiger partial charge in [-0.3, -0.25) is 0 Å². The molecular formula is C15H9ClO3S. The van der Waals surface area contributed by atoms with Crippen molar-refractivity contribution in [2.45, 2.75) is 0 Å². The molecule has 2 N–H and O–H groups in total. The predicted octanol–water partition coefficient (Wildman–Crippen LogP) is 4.89. The van der Waals surface area contributed by atoms with E-state index in [1.807, 2.05) is 0 Å². The van der Waals surface area contributed by atoms with E-state index in [4.69, 9.17) is 28.2 Å². The number of aromatic hydroxyl groups is 2. The van der Waals surface area contributed by atoms with Gasteiger partial charge < -0.3 is 14.6 Å². The van der Waals surface area contributed by atoms with Crippen molar-refractivity contribution in [2.24, 2.45) is 0 Å². The molecule has 0 saturated carbocycles.